The van der Waals surface area contributed by atoms with Crippen molar-refractivity contribution in [2.24, 2.45) is 5.92 Å². The van der Waals surface area contributed by atoms with Crippen LogP contribution in [0.1, 0.15) is 41.9 Å². The van der Waals surface area contributed by atoms with Crippen LogP contribution in [-0.4, -0.2) is 40.5 Å². The van der Waals surface area contributed by atoms with Crippen LogP contribution in [0.15, 0.2) is 22.8 Å². The van der Waals surface area contributed by atoms with E-state index in [4.69, 9.17) is 4.42 Å². The first-order valence-electron chi connectivity index (χ1n) is 8.58. The highest BCUT2D eigenvalue weighted by atomic mass is 16.3. The maximum absolute atomic E-state index is 12.8. The highest BCUT2D eigenvalue weighted by Gasteiger charge is 2.60. The molecule has 5 heterocycles. The van der Waals surface area contributed by atoms with Gasteiger partial charge < -0.3 is 9.73 Å². The van der Waals surface area contributed by atoms with E-state index < -0.39 is 0 Å². The molecule has 4 aliphatic rings. The summed E-state index contributed by atoms with van der Waals surface area (Å²) in [5, 5.41) is 4.27. The molecular formula is C18H21N3O2. The zero-order valence-electron chi connectivity index (χ0n) is 13.3. The molecule has 1 spiro atoms. The van der Waals surface area contributed by atoms with E-state index in [1.807, 2.05) is 19.1 Å². The Balaban J connectivity index is 1.44. The topological polar surface area (TPSA) is 58.4 Å². The minimum absolute atomic E-state index is 0.0405. The van der Waals surface area contributed by atoms with Crippen molar-refractivity contribution < 1.29 is 9.21 Å². The molecule has 23 heavy (non-hydrogen) atoms. The Morgan fingerprint density at radius 2 is 2.17 bits per heavy atom. The van der Waals surface area contributed by atoms with Crippen molar-refractivity contribution in [3.05, 3.63) is 29.8 Å². The molecule has 1 atom stereocenters. The SMILES string of the molecule is Cc1nc(C(=O)N[C@H]2C3CCN(CC3)C23CC3)cc2ccoc12. The summed E-state index contributed by atoms with van der Waals surface area (Å²) in [6.45, 7) is 4.30. The van der Waals surface area contributed by atoms with E-state index in [2.05, 4.69) is 15.2 Å². The van der Waals surface area contributed by atoms with E-state index in [9.17, 15) is 4.79 Å². The van der Waals surface area contributed by atoms with Crippen molar-refractivity contribution >= 4 is 16.9 Å². The van der Waals surface area contributed by atoms with Crippen molar-refractivity contribution in [1.29, 1.82) is 0 Å². The third kappa shape index (κ3) is 1.89. The number of aryl methyl sites for hydroxylation is 1. The summed E-state index contributed by atoms with van der Waals surface area (Å²) in [4.78, 5) is 19.9. The lowest BCUT2D eigenvalue weighted by atomic mass is 9.77. The summed E-state index contributed by atoms with van der Waals surface area (Å²) in [5.41, 5.74) is 2.30. The average molecular weight is 311 g/mol. The predicted octanol–water partition coefficient (Wildman–Crippen LogP) is 2.49. The highest BCUT2D eigenvalue weighted by molar-refractivity contribution is 5.96. The number of nitrogens with zero attached hydrogens (tertiary/aromatic N) is 2. The summed E-state index contributed by atoms with van der Waals surface area (Å²) in [6, 6.07) is 4.01. The summed E-state index contributed by atoms with van der Waals surface area (Å²) in [6.07, 6.45) is 6.51. The van der Waals surface area contributed by atoms with Crippen molar-refractivity contribution in [2.75, 3.05) is 13.1 Å². The summed E-state index contributed by atoms with van der Waals surface area (Å²) in [7, 11) is 0. The van der Waals surface area contributed by atoms with Crippen molar-refractivity contribution in [3.8, 4) is 0 Å². The Hall–Kier alpha value is -1.88. The molecule has 5 nitrogen and oxygen atoms in total. The van der Waals surface area contributed by atoms with Crippen LogP contribution in [0, 0.1) is 12.8 Å². The van der Waals surface area contributed by atoms with E-state index in [-0.39, 0.29) is 11.4 Å². The molecule has 6 rings (SSSR count). The molecule has 0 unspecified atom stereocenters. The first-order chi connectivity index (χ1) is 11.2. The van der Waals surface area contributed by atoms with Gasteiger partial charge in [-0.3, -0.25) is 9.69 Å². The van der Waals surface area contributed by atoms with Gasteiger partial charge in [0.1, 0.15) is 5.69 Å². The van der Waals surface area contributed by atoms with Gasteiger partial charge in [-0.25, -0.2) is 4.98 Å². The molecule has 3 saturated heterocycles. The predicted molar refractivity (Wildman–Crippen MR) is 86.3 cm³/mol. The van der Waals surface area contributed by atoms with Gasteiger partial charge in [-0.1, -0.05) is 0 Å². The number of pyridine rings is 1. The molecule has 1 amide bonds. The second kappa shape index (κ2) is 4.57. The van der Waals surface area contributed by atoms with Crippen LogP contribution >= 0.6 is 0 Å². The second-order valence-corrected chi connectivity index (χ2v) is 7.31. The Bertz CT molecular complexity index is 785. The van der Waals surface area contributed by atoms with E-state index in [0.29, 0.717) is 17.7 Å². The molecule has 120 valence electrons. The molecule has 4 fully saturated rings. The summed E-state index contributed by atoms with van der Waals surface area (Å²) < 4.78 is 5.42. The Kier molecular flexibility index (Phi) is 2.69. The Morgan fingerprint density at radius 3 is 2.91 bits per heavy atom. The molecular weight excluding hydrogens is 290 g/mol. The number of carbonyl (C=O) groups is 1. The molecule has 5 heteroatoms. The molecule has 2 bridgehead atoms. The lowest BCUT2D eigenvalue weighted by molar-refractivity contribution is -0.00152. The van der Waals surface area contributed by atoms with Crippen LogP contribution in [0.25, 0.3) is 11.0 Å². The molecule has 2 aromatic heterocycles. The fraction of sp³-hybridized carbons (Fsp3) is 0.556. The van der Waals surface area contributed by atoms with Crippen LogP contribution in [-0.2, 0) is 0 Å². The fourth-order valence-corrected chi connectivity index (χ4v) is 4.79. The Labute approximate surface area is 135 Å². The maximum Gasteiger partial charge on any atom is 0.270 e. The number of aromatic nitrogens is 1. The van der Waals surface area contributed by atoms with E-state index in [1.54, 1.807) is 6.26 Å². The molecule has 2 aromatic rings. The van der Waals surface area contributed by atoms with Gasteiger partial charge in [0.05, 0.1) is 18.0 Å². The second-order valence-electron chi connectivity index (χ2n) is 7.31. The number of carbonyl (C=O) groups excluding carboxylic acids is 1. The number of hydrogen-bond acceptors (Lipinski definition) is 4. The highest BCUT2D eigenvalue weighted by Crippen LogP contribution is 2.53. The van der Waals surface area contributed by atoms with Crippen molar-refractivity contribution in [2.45, 2.75) is 44.2 Å². The van der Waals surface area contributed by atoms with Gasteiger partial charge in [-0.2, -0.15) is 0 Å². The van der Waals surface area contributed by atoms with Gasteiger partial charge in [0.2, 0.25) is 0 Å². The van der Waals surface area contributed by atoms with Gasteiger partial charge >= 0.3 is 0 Å². The molecule has 1 N–H and O–H groups in total. The van der Waals surface area contributed by atoms with Crippen LogP contribution in [0.3, 0.4) is 0 Å². The third-order valence-corrected chi connectivity index (χ3v) is 6.11. The number of piperidine rings is 3. The molecule has 1 aliphatic carbocycles. The normalized spacial score (nSPS) is 30.7. The Morgan fingerprint density at radius 1 is 1.39 bits per heavy atom. The lowest BCUT2D eigenvalue weighted by Gasteiger charge is -2.52. The third-order valence-electron chi connectivity index (χ3n) is 6.11. The zero-order chi connectivity index (χ0) is 15.6. The number of hydrogen-bond donors (Lipinski definition) is 1. The monoisotopic (exact) mass is 311 g/mol. The smallest absolute Gasteiger partial charge is 0.270 e. The van der Waals surface area contributed by atoms with Gasteiger partial charge in [-0.05, 0) is 63.7 Å². The standard InChI is InChI=1S/C18H21N3O2/c1-11-15-13(4-9-23-15)10-14(19-11)17(22)20-16-12-2-7-21(8-3-12)18(16)5-6-18/h4,9-10,12,16H,2-3,5-8H2,1H3,(H,20,22)/t16-/m0/s1. The number of amides is 1. The van der Waals surface area contributed by atoms with Crippen LogP contribution in [0.5, 0.6) is 0 Å². The van der Waals surface area contributed by atoms with Crippen LogP contribution in [0.4, 0.5) is 0 Å². The van der Waals surface area contributed by atoms with Gasteiger partial charge in [0.15, 0.2) is 5.58 Å². The van der Waals surface area contributed by atoms with Gasteiger partial charge in [-0.15, -0.1) is 0 Å². The molecule has 1 saturated carbocycles. The number of fused-ring (bicyclic) bond motifs is 3. The summed E-state index contributed by atoms with van der Waals surface area (Å²) in [5.74, 6) is 0.589. The lowest BCUT2D eigenvalue weighted by Crippen LogP contribution is -2.65. The van der Waals surface area contributed by atoms with E-state index in [0.717, 1.165) is 16.7 Å². The number of rotatable bonds is 2. The molecule has 0 radical (unpaired) electrons. The number of nitrogens with one attached hydrogen (secondary N) is 1. The quantitative estimate of drug-likeness (QED) is 0.926. The molecule has 3 aliphatic heterocycles. The maximum atomic E-state index is 12.8. The van der Waals surface area contributed by atoms with Gasteiger partial charge in [0.25, 0.3) is 5.91 Å². The molecule has 0 aromatic carbocycles. The fourth-order valence-electron chi connectivity index (χ4n) is 4.79. The van der Waals surface area contributed by atoms with Crippen LogP contribution < -0.4 is 5.32 Å². The average Bonchev–Trinajstić information content (AvgIpc) is 3.18. The number of furan rings is 1. The largest absolute Gasteiger partial charge is 0.462 e. The van der Waals surface area contributed by atoms with Crippen molar-refractivity contribution in [3.63, 3.8) is 0 Å². The van der Waals surface area contributed by atoms with Gasteiger partial charge in [0, 0.05) is 10.9 Å². The first kappa shape index (κ1) is 13.5. The minimum atomic E-state index is -0.0405. The summed E-state index contributed by atoms with van der Waals surface area (Å²) >= 11 is 0. The van der Waals surface area contributed by atoms with Crippen molar-refractivity contribution in [1.82, 2.24) is 15.2 Å². The van der Waals surface area contributed by atoms with Crippen LogP contribution in [0.2, 0.25) is 0 Å². The van der Waals surface area contributed by atoms with E-state index in [1.165, 1.54) is 38.8 Å². The zero-order valence-corrected chi connectivity index (χ0v) is 13.3. The van der Waals surface area contributed by atoms with E-state index >= 15 is 0 Å². The first-order valence-corrected chi connectivity index (χ1v) is 8.58. The minimum Gasteiger partial charge on any atom is -0.462 e.